The zero-order valence-electron chi connectivity index (χ0n) is 23.2. The maximum Gasteiger partial charge on any atom is 0.0636 e. The van der Waals surface area contributed by atoms with E-state index in [0.717, 1.165) is 67.7 Å². The summed E-state index contributed by atoms with van der Waals surface area (Å²) in [5.41, 5.74) is 10.3. The maximum absolute atomic E-state index is 5.20. The van der Waals surface area contributed by atoms with Gasteiger partial charge in [0.2, 0.25) is 0 Å². The molecule has 0 N–H and O–H groups in total. The molecule has 3 heteroatoms. The Morgan fingerprint density at radius 3 is 1.37 bits per heavy atom. The van der Waals surface area contributed by atoms with Crippen LogP contribution in [0.5, 0.6) is 0 Å². The second-order valence-corrected chi connectivity index (χ2v) is 9.48. The molecule has 0 saturated carbocycles. The van der Waals surface area contributed by atoms with Crippen LogP contribution in [0, 0.1) is 0 Å². The summed E-state index contributed by atoms with van der Waals surface area (Å²) in [6.45, 7) is 13.5. The summed E-state index contributed by atoms with van der Waals surface area (Å²) < 4.78 is 0. The predicted octanol–water partition coefficient (Wildman–Crippen LogP) is 9.94. The van der Waals surface area contributed by atoms with E-state index in [1.807, 2.05) is 0 Å². The molecule has 2 nitrogen and oxygen atoms in total. The number of benzene rings is 2. The Kier molecular flexibility index (Phi) is 15.8. The summed E-state index contributed by atoms with van der Waals surface area (Å²) in [6.07, 6.45) is 13.5. The molecule has 0 aliphatic rings. The molecule has 0 radical (unpaired) electrons. The van der Waals surface area contributed by atoms with E-state index in [2.05, 4.69) is 77.9 Å². The summed E-state index contributed by atoms with van der Waals surface area (Å²) in [7, 11) is 0. The van der Waals surface area contributed by atoms with E-state index in [0.29, 0.717) is 0 Å². The van der Waals surface area contributed by atoms with Gasteiger partial charge in [0.05, 0.1) is 22.8 Å². The SMILES string of the molecule is CCCCC(=Nc1ccc(CCC)c(CCC)c1)C(CC)=Nc1ccc(CCC)c(CCC)c1.[Ni]. The first-order chi connectivity index (χ1) is 16.6. The molecule has 0 fully saturated rings. The van der Waals surface area contributed by atoms with Gasteiger partial charge in [0.1, 0.15) is 0 Å². The molecule has 2 aromatic carbocycles. The van der Waals surface area contributed by atoms with Gasteiger partial charge in [-0.15, -0.1) is 0 Å². The number of hydrogen-bond donors (Lipinski definition) is 0. The van der Waals surface area contributed by atoms with Gasteiger partial charge in [0.15, 0.2) is 0 Å². The number of rotatable bonds is 15. The molecule has 0 spiro atoms. The summed E-state index contributed by atoms with van der Waals surface area (Å²) in [6, 6.07) is 13.7. The fourth-order valence-electron chi connectivity index (χ4n) is 4.66. The van der Waals surface area contributed by atoms with Crippen LogP contribution in [0.2, 0.25) is 0 Å². The molecular weight excluding hydrogens is 471 g/mol. The Labute approximate surface area is 226 Å². The van der Waals surface area contributed by atoms with Crippen LogP contribution in [0.4, 0.5) is 11.4 Å². The smallest absolute Gasteiger partial charge is 0.0636 e. The topological polar surface area (TPSA) is 24.7 Å². The second kappa shape index (κ2) is 17.7. The van der Waals surface area contributed by atoms with Gasteiger partial charge in [0.25, 0.3) is 0 Å². The van der Waals surface area contributed by atoms with E-state index in [1.54, 1.807) is 0 Å². The average Bonchev–Trinajstić information content (AvgIpc) is 2.84. The van der Waals surface area contributed by atoms with E-state index in [1.165, 1.54) is 54.4 Å². The first-order valence-electron chi connectivity index (χ1n) is 14.0. The molecule has 2 rings (SSSR count). The van der Waals surface area contributed by atoms with E-state index in [4.69, 9.17) is 9.98 Å². The Bertz CT molecular complexity index is 943. The van der Waals surface area contributed by atoms with Crippen molar-refractivity contribution in [3.05, 3.63) is 58.7 Å². The first kappa shape index (κ1) is 31.3. The normalized spacial score (nSPS) is 12.1. The van der Waals surface area contributed by atoms with Crippen LogP contribution >= 0.6 is 0 Å². The van der Waals surface area contributed by atoms with Crippen LogP contribution in [0.15, 0.2) is 46.4 Å². The molecular formula is C32H48N2Ni. The fraction of sp³-hybridized carbons (Fsp3) is 0.562. The Hall–Kier alpha value is -1.73. The number of unbranched alkanes of at least 4 members (excludes halogenated alkanes) is 1. The summed E-state index contributed by atoms with van der Waals surface area (Å²) in [5.74, 6) is 0. The molecule has 2 aromatic rings. The van der Waals surface area contributed by atoms with Crippen molar-refractivity contribution in [2.24, 2.45) is 9.98 Å². The molecule has 0 saturated heterocycles. The standard InChI is InChI=1S/C32H48N2.Ni/c1-7-13-18-32(34-30-22-20-26(15-9-3)28(24-30)17-11-5)31(12-6)33-29-21-19-25(14-8-2)27(23-29)16-10-4;/h19-24H,7-18H2,1-6H3;. The number of aliphatic imine (C=N–C) groups is 2. The second-order valence-electron chi connectivity index (χ2n) is 9.48. The largest absolute Gasteiger partial charge is 0.252 e. The van der Waals surface area contributed by atoms with Crippen molar-refractivity contribution < 1.29 is 16.5 Å². The molecule has 0 aliphatic carbocycles. The van der Waals surface area contributed by atoms with Gasteiger partial charge in [-0.05, 0) is 91.5 Å². The predicted molar refractivity (Wildman–Crippen MR) is 153 cm³/mol. The Morgan fingerprint density at radius 1 is 0.543 bits per heavy atom. The number of nitrogens with zero attached hydrogens (tertiary/aromatic N) is 2. The van der Waals surface area contributed by atoms with Crippen molar-refractivity contribution in [3.63, 3.8) is 0 Å². The van der Waals surface area contributed by atoms with Gasteiger partial charge in [-0.25, -0.2) is 0 Å². The van der Waals surface area contributed by atoms with Gasteiger partial charge in [-0.2, -0.15) is 0 Å². The van der Waals surface area contributed by atoms with Gasteiger partial charge in [-0.1, -0.05) is 85.8 Å². The van der Waals surface area contributed by atoms with E-state index in [9.17, 15) is 0 Å². The maximum atomic E-state index is 5.20. The molecule has 0 heterocycles. The summed E-state index contributed by atoms with van der Waals surface area (Å²) in [5, 5.41) is 0. The van der Waals surface area contributed by atoms with Crippen LogP contribution in [0.25, 0.3) is 0 Å². The van der Waals surface area contributed by atoms with E-state index < -0.39 is 0 Å². The van der Waals surface area contributed by atoms with Crippen LogP contribution in [0.3, 0.4) is 0 Å². The van der Waals surface area contributed by atoms with Crippen LogP contribution in [-0.2, 0) is 42.2 Å². The van der Waals surface area contributed by atoms with E-state index >= 15 is 0 Å². The monoisotopic (exact) mass is 518 g/mol. The third-order valence-electron chi connectivity index (χ3n) is 6.42. The molecule has 0 aromatic heterocycles. The van der Waals surface area contributed by atoms with Gasteiger partial charge in [-0.3, -0.25) is 9.98 Å². The summed E-state index contributed by atoms with van der Waals surface area (Å²) in [4.78, 5) is 10.4. The van der Waals surface area contributed by atoms with Crippen LogP contribution in [0.1, 0.15) is 115 Å². The van der Waals surface area contributed by atoms with Crippen molar-refractivity contribution >= 4 is 22.8 Å². The molecule has 0 aliphatic heterocycles. The first-order valence-corrected chi connectivity index (χ1v) is 14.0. The fourth-order valence-corrected chi connectivity index (χ4v) is 4.66. The molecule has 0 atom stereocenters. The minimum atomic E-state index is 0. The van der Waals surface area contributed by atoms with Crippen LogP contribution < -0.4 is 0 Å². The zero-order chi connectivity index (χ0) is 24.8. The van der Waals surface area contributed by atoms with Crippen molar-refractivity contribution in [1.82, 2.24) is 0 Å². The molecule has 0 bridgehead atoms. The molecule has 0 unspecified atom stereocenters. The quantitative estimate of drug-likeness (QED) is 0.165. The Balaban J connectivity index is 0.00000612. The van der Waals surface area contributed by atoms with Crippen molar-refractivity contribution in [2.75, 3.05) is 0 Å². The zero-order valence-corrected chi connectivity index (χ0v) is 24.1. The minimum absolute atomic E-state index is 0. The third kappa shape index (κ3) is 10.0. The molecule has 0 amide bonds. The molecule has 35 heavy (non-hydrogen) atoms. The molecule has 196 valence electrons. The summed E-state index contributed by atoms with van der Waals surface area (Å²) >= 11 is 0. The van der Waals surface area contributed by atoms with E-state index in [-0.39, 0.29) is 16.5 Å². The third-order valence-corrected chi connectivity index (χ3v) is 6.42. The van der Waals surface area contributed by atoms with Crippen LogP contribution in [-0.4, -0.2) is 11.4 Å². The van der Waals surface area contributed by atoms with Crippen molar-refractivity contribution in [1.29, 1.82) is 0 Å². The average molecular weight is 519 g/mol. The number of hydrogen-bond acceptors (Lipinski definition) is 2. The van der Waals surface area contributed by atoms with Crippen molar-refractivity contribution in [2.45, 2.75) is 119 Å². The van der Waals surface area contributed by atoms with Gasteiger partial charge >= 0.3 is 0 Å². The van der Waals surface area contributed by atoms with Gasteiger partial charge in [0, 0.05) is 16.5 Å². The minimum Gasteiger partial charge on any atom is -0.252 e. The van der Waals surface area contributed by atoms with Crippen molar-refractivity contribution in [3.8, 4) is 0 Å². The van der Waals surface area contributed by atoms with Gasteiger partial charge < -0.3 is 0 Å². The Morgan fingerprint density at radius 2 is 0.971 bits per heavy atom. The number of aryl methyl sites for hydroxylation is 4.